The molecule has 0 atom stereocenters. The maximum absolute atomic E-state index is 6.04. The van der Waals surface area contributed by atoms with Crippen molar-refractivity contribution >= 4 is 0 Å². The standard InChI is InChI=1S/C19H31NO/c1-18(2,3)13-14-7-9-16(10-8-14)21-17-11-15(12-17)20-19(4,5)6/h7-10,15,17,20H,11-13H2,1-6H3. The van der Waals surface area contributed by atoms with E-state index in [0.29, 0.717) is 17.6 Å². The van der Waals surface area contributed by atoms with Crippen LogP contribution in [-0.2, 0) is 6.42 Å². The highest BCUT2D eigenvalue weighted by molar-refractivity contribution is 5.28. The highest BCUT2D eigenvalue weighted by atomic mass is 16.5. The molecule has 1 aliphatic carbocycles. The van der Waals surface area contributed by atoms with E-state index in [4.69, 9.17) is 4.74 Å². The van der Waals surface area contributed by atoms with E-state index < -0.39 is 0 Å². The molecule has 2 nitrogen and oxygen atoms in total. The average molecular weight is 289 g/mol. The SMILES string of the molecule is CC(C)(C)Cc1ccc(OC2CC(NC(C)(C)C)C2)cc1. The van der Waals surface area contributed by atoms with Crippen LogP contribution >= 0.6 is 0 Å². The van der Waals surface area contributed by atoms with Gasteiger partial charge in [-0.1, -0.05) is 32.9 Å². The second-order valence-electron chi connectivity index (χ2n) is 8.68. The molecule has 0 aliphatic heterocycles. The average Bonchev–Trinajstić information content (AvgIpc) is 2.25. The molecular weight excluding hydrogens is 258 g/mol. The highest BCUT2D eigenvalue weighted by Gasteiger charge is 2.33. The van der Waals surface area contributed by atoms with Gasteiger partial charge in [-0.25, -0.2) is 0 Å². The van der Waals surface area contributed by atoms with Crippen LogP contribution < -0.4 is 10.1 Å². The van der Waals surface area contributed by atoms with Crippen molar-refractivity contribution in [2.24, 2.45) is 5.41 Å². The van der Waals surface area contributed by atoms with E-state index in [-0.39, 0.29) is 5.54 Å². The van der Waals surface area contributed by atoms with Crippen LogP contribution in [0.5, 0.6) is 5.75 Å². The molecule has 0 bridgehead atoms. The Morgan fingerprint density at radius 3 is 2.05 bits per heavy atom. The zero-order chi connectivity index (χ0) is 15.7. The molecule has 0 radical (unpaired) electrons. The van der Waals surface area contributed by atoms with Crippen LogP contribution in [0.25, 0.3) is 0 Å². The summed E-state index contributed by atoms with van der Waals surface area (Å²) in [6, 6.07) is 9.24. The Morgan fingerprint density at radius 2 is 1.57 bits per heavy atom. The molecule has 0 spiro atoms. The fourth-order valence-electron chi connectivity index (χ4n) is 2.88. The molecular formula is C19H31NO. The number of ether oxygens (including phenoxy) is 1. The zero-order valence-corrected chi connectivity index (χ0v) is 14.5. The molecule has 21 heavy (non-hydrogen) atoms. The third kappa shape index (κ3) is 5.70. The molecule has 1 aromatic carbocycles. The second kappa shape index (κ2) is 6.00. The first kappa shape index (κ1) is 16.4. The predicted molar refractivity (Wildman–Crippen MR) is 89.9 cm³/mol. The number of hydrogen-bond donors (Lipinski definition) is 1. The van der Waals surface area contributed by atoms with E-state index in [9.17, 15) is 0 Å². The second-order valence-corrected chi connectivity index (χ2v) is 8.68. The van der Waals surface area contributed by atoms with Crippen molar-refractivity contribution in [1.29, 1.82) is 0 Å². The van der Waals surface area contributed by atoms with E-state index in [2.05, 4.69) is 71.1 Å². The number of benzene rings is 1. The molecule has 0 aromatic heterocycles. The van der Waals surface area contributed by atoms with Gasteiger partial charge in [0.2, 0.25) is 0 Å². The molecule has 0 amide bonds. The molecule has 1 aromatic rings. The normalized spacial score (nSPS) is 22.8. The van der Waals surface area contributed by atoms with E-state index in [1.807, 2.05) is 0 Å². The van der Waals surface area contributed by atoms with Crippen LogP contribution in [0, 0.1) is 5.41 Å². The fourth-order valence-corrected chi connectivity index (χ4v) is 2.88. The van der Waals surface area contributed by atoms with Crippen molar-refractivity contribution in [1.82, 2.24) is 5.32 Å². The lowest BCUT2D eigenvalue weighted by atomic mass is 9.87. The summed E-state index contributed by atoms with van der Waals surface area (Å²) in [7, 11) is 0. The van der Waals surface area contributed by atoms with Gasteiger partial charge in [-0.15, -0.1) is 0 Å². The molecule has 2 heteroatoms. The van der Waals surface area contributed by atoms with Crippen LogP contribution in [-0.4, -0.2) is 17.7 Å². The monoisotopic (exact) mass is 289 g/mol. The van der Waals surface area contributed by atoms with Crippen LogP contribution in [0.3, 0.4) is 0 Å². The molecule has 2 rings (SSSR count). The molecule has 1 saturated carbocycles. The van der Waals surface area contributed by atoms with Crippen molar-refractivity contribution in [2.45, 2.75) is 78.5 Å². The maximum Gasteiger partial charge on any atom is 0.119 e. The summed E-state index contributed by atoms with van der Waals surface area (Å²) >= 11 is 0. The van der Waals surface area contributed by atoms with Crippen molar-refractivity contribution in [3.05, 3.63) is 29.8 Å². The number of hydrogen-bond acceptors (Lipinski definition) is 2. The van der Waals surface area contributed by atoms with E-state index in [1.165, 1.54) is 5.56 Å². The smallest absolute Gasteiger partial charge is 0.119 e. The lowest BCUT2D eigenvalue weighted by Gasteiger charge is -2.40. The van der Waals surface area contributed by atoms with Crippen molar-refractivity contribution in [2.75, 3.05) is 0 Å². The molecule has 1 aliphatic rings. The largest absolute Gasteiger partial charge is 0.490 e. The minimum Gasteiger partial charge on any atom is -0.490 e. The van der Waals surface area contributed by atoms with Gasteiger partial charge in [-0.05, 0) is 63.1 Å². The first-order valence-electron chi connectivity index (χ1n) is 8.14. The number of rotatable bonds is 4. The maximum atomic E-state index is 6.04. The summed E-state index contributed by atoms with van der Waals surface area (Å²) in [6.45, 7) is 13.5. The Labute approximate surface area is 130 Å². The Hall–Kier alpha value is -1.02. The summed E-state index contributed by atoms with van der Waals surface area (Å²) < 4.78 is 6.04. The summed E-state index contributed by atoms with van der Waals surface area (Å²) in [6.07, 6.45) is 3.70. The molecule has 118 valence electrons. The van der Waals surface area contributed by atoms with E-state index >= 15 is 0 Å². The highest BCUT2D eigenvalue weighted by Crippen LogP contribution is 2.28. The van der Waals surface area contributed by atoms with Gasteiger partial charge >= 0.3 is 0 Å². The lowest BCUT2D eigenvalue weighted by molar-refractivity contribution is 0.0734. The van der Waals surface area contributed by atoms with Crippen molar-refractivity contribution in [3.8, 4) is 5.75 Å². The molecule has 1 fully saturated rings. The topological polar surface area (TPSA) is 21.3 Å². The van der Waals surface area contributed by atoms with Crippen LogP contribution in [0.4, 0.5) is 0 Å². The first-order valence-corrected chi connectivity index (χ1v) is 8.14. The van der Waals surface area contributed by atoms with Gasteiger partial charge in [-0.2, -0.15) is 0 Å². The Kier molecular flexibility index (Phi) is 4.67. The van der Waals surface area contributed by atoms with Crippen molar-refractivity contribution in [3.63, 3.8) is 0 Å². The van der Waals surface area contributed by atoms with Crippen molar-refractivity contribution < 1.29 is 4.74 Å². The molecule has 0 heterocycles. The molecule has 0 unspecified atom stereocenters. The lowest BCUT2D eigenvalue weighted by Crippen LogP contribution is -2.53. The first-order chi connectivity index (χ1) is 9.61. The Morgan fingerprint density at radius 1 is 1.00 bits per heavy atom. The quantitative estimate of drug-likeness (QED) is 0.876. The van der Waals surface area contributed by atoms with E-state index in [0.717, 1.165) is 25.0 Å². The van der Waals surface area contributed by atoms with Gasteiger partial charge < -0.3 is 10.1 Å². The van der Waals surface area contributed by atoms with Gasteiger partial charge in [0.05, 0.1) is 0 Å². The van der Waals surface area contributed by atoms with Crippen LogP contribution in [0.2, 0.25) is 0 Å². The Bertz CT molecular complexity index is 444. The van der Waals surface area contributed by atoms with Crippen LogP contribution in [0.1, 0.15) is 59.9 Å². The molecule has 1 N–H and O–H groups in total. The summed E-state index contributed by atoms with van der Waals surface area (Å²) in [5.74, 6) is 1.01. The third-order valence-electron chi connectivity index (χ3n) is 3.69. The van der Waals surface area contributed by atoms with Gasteiger partial charge in [0.1, 0.15) is 11.9 Å². The van der Waals surface area contributed by atoms with Gasteiger partial charge in [0, 0.05) is 11.6 Å². The zero-order valence-electron chi connectivity index (χ0n) is 14.5. The molecule has 0 saturated heterocycles. The number of nitrogens with one attached hydrogen (secondary N) is 1. The fraction of sp³-hybridized carbons (Fsp3) is 0.684. The van der Waals surface area contributed by atoms with Crippen LogP contribution in [0.15, 0.2) is 24.3 Å². The predicted octanol–water partition coefficient (Wildman–Crippen LogP) is 4.57. The third-order valence-corrected chi connectivity index (χ3v) is 3.69. The van der Waals surface area contributed by atoms with E-state index in [1.54, 1.807) is 0 Å². The summed E-state index contributed by atoms with van der Waals surface area (Å²) in [4.78, 5) is 0. The Balaban J connectivity index is 1.78. The van der Waals surface area contributed by atoms with Gasteiger partial charge in [0.25, 0.3) is 0 Å². The summed E-state index contributed by atoms with van der Waals surface area (Å²) in [5, 5.41) is 3.63. The van der Waals surface area contributed by atoms with Gasteiger partial charge in [-0.3, -0.25) is 0 Å². The minimum absolute atomic E-state index is 0.199. The summed E-state index contributed by atoms with van der Waals surface area (Å²) in [5.41, 5.74) is 1.92. The minimum atomic E-state index is 0.199. The van der Waals surface area contributed by atoms with Gasteiger partial charge in [0.15, 0.2) is 0 Å².